The van der Waals surface area contributed by atoms with E-state index >= 15 is 0 Å². The molecule has 5 nitrogen and oxygen atoms in total. The number of carbonyl (C=O) groups excluding carboxylic acids is 2. The molecule has 0 bridgehead atoms. The van der Waals surface area contributed by atoms with Crippen molar-refractivity contribution >= 4 is 17.6 Å². The van der Waals surface area contributed by atoms with Gasteiger partial charge in [0, 0.05) is 5.69 Å². The van der Waals surface area contributed by atoms with Crippen LogP contribution in [0.3, 0.4) is 0 Å². The van der Waals surface area contributed by atoms with E-state index in [0.717, 1.165) is 5.56 Å². The minimum Gasteiger partial charge on any atom is -0.482 e. The predicted octanol–water partition coefficient (Wildman–Crippen LogP) is 3.68. The first-order chi connectivity index (χ1) is 12.2. The maximum absolute atomic E-state index is 12.8. The number of amides is 1. The van der Waals surface area contributed by atoms with Crippen molar-refractivity contribution in [3.8, 4) is 5.75 Å². The molecule has 2 rings (SSSR count). The summed E-state index contributed by atoms with van der Waals surface area (Å²) in [7, 11) is 0. The summed E-state index contributed by atoms with van der Waals surface area (Å²) in [5.74, 6) is -1.02. The molecule has 0 saturated carbocycles. The van der Waals surface area contributed by atoms with Crippen LogP contribution in [-0.4, -0.2) is 25.1 Å². The highest BCUT2D eigenvalue weighted by Crippen LogP contribution is 2.24. The third-order valence-corrected chi connectivity index (χ3v) is 3.57. The smallest absolute Gasteiger partial charge is 0.344 e. The van der Waals surface area contributed by atoms with Crippen molar-refractivity contribution in [3.05, 3.63) is 59.9 Å². The number of hydrogen-bond donors (Lipinski definition) is 1. The SMILES string of the molecule is CC(C)(C)c1ccc(OCC(=O)OCC(=O)Nc2ccc(F)cc2)cc1. The van der Waals surface area contributed by atoms with Crippen LogP contribution in [-0.2, 0) is 19.7 Å². The summed E-state index contributed by atoms with van der Waals surface area (Å²) < 4.78 is 23.0. The highest BCUT2D eigenvalue weighted by atomic mass is 19.1. The van der Waals surface area contributed by atoms with Gasteiger partial charge in [0.1, 0.15) is 11.6 Å². The van der Waals surface area contributed by atoms with Crippen LogP contribution in [0.5, 0.6) is 5.75 Å². The predicted molar refractivity (Wildman–Crippen MR) is 96.6 cm³/mol. The van der Waals surface area contributed by atoms with Gasteiger partial charge in [0.05, 0.1) is 0 Å². The molecule has 6 heteroatoms. The number of esters is 1. The van der Waals surface area contributed by atoms with E-state index in [9.17, 15) is 14.0 Å². The summed E-state index contributed by atoms with van der Waals surface area (Å²) in [5.41, 5.74) is 1.61. The molecule has 0 spiro atoms. The Morgan fingerprint density at radius 1 is 0.962 bits per heavy atom. The number of benzene rings is 2. The van der Waals surface area contributed by atoms with Gasteiger partial charge in [-0.2, -0.15) is 0 Å². The van der Waals surface area contributed by atoms with Gasteiger partial charge in [-0.25, -0.2) is 9.18 Å². The zero-order chi connectivity index (χ0) is 19.2. The van der Waals surface area contributed by atoms with Crippen molar-refractivity contribution in [1.82, 2.24) is 0 Å². The minimum absolute atomic E-state index is 0.0370. The van der Waals surface area contributed by atoms with Crippen LogP contribution in [0.4, 0.5) is 10.1 Å². The van der Waals surface area contributed by atoms with Crippen molar-refractivity contribution < 1.29 is 23.5 Å². The van der Waals surface area contributed by atoms with E-state index in [4.69, 9.17) is 9.47 Å². The number of ether oxygens (including phenoxy) is 2. The van der Waals surface area contributed by atoms with Gasteiger partial charge in [-0.15, -0.1) is 0 Å². The zero-order valence-corrected chi connectivity index (χ0v) is 15.0. The molecule has 0 saturated heterocycles. The van der Waals surface area contributed by atoms with Crippen LogP contribution in [0.25, 0.3) is 0 Å². The van der Waals surface area contributed by atoms with E-state index in [1.807, 2.05) is 12.1 Å². The summed E-state index contributed by atoms with van der Waals surface area (Å²) in [6, 6.07) is 12.7. The molecule has 138 valence electrons. The normalized spacial score (nSPS) is 10.9. The molecule has 0 radical (unpaired) electrons. The highest BCUT2D eigenvalue weighted by molar-refractivity contribution is 5.92. The molecule has 0 aliphatic rings. The molecule has 26 heavy (non-hydrogen) atoms. The van der Waals surface area contributed by atoms with Gasteiger partial charge in [-0.05, 0) is 47.4 Å². The van der Waals surface area contributed by atoms with Crippen LogP contribution in [0, 0.1) is 5.82 Å². The second-order valence-electron chi connectivity index (χ2n) is 6.78. The van der Waals surface area contributed by atoms with E-state index in [0.29, 0.717) is 11.4 Å². The van der Waals surface area contributed by atoms with Crippen LogP contribution >= 0.6 is 0 Å². The van der Waals surface area contributed by atoms with Gasteiger partial charge < -0.3 is 14.8 Å². The molecule has 1 N–H and O–H groups in total. The van der Waals surface area contributed by atoms with Crippen molar-refractivity contribution in [2.75, 3.05) is 18.5 Å². The molecule has 0 heterocycles. The molecule has 0 fully saturated rings. The molecule has 2 aromatic rings. The summed E-state index contributed by atoms with van der Waals surface area (Å²) in [4.78, 5) is 23.4. The Kier molecular flexibility index (Phi) is 6.33. The third kappa shape index (κ3) is 6.20. The summed E-state index contributed by atoms with van der Waals surface area (Å²) >= 11 is 0. The van der Waals surface area contributed by atoms with Crippen LogP contribution in [0.2, 0.25) is 0 Å². The summed E-state index contributed by atoms with van der Waals surface area (Å²) in [5, 5.41) is 2.49. The fourth-order valence-electron chi connectivity index (χ4n) is 2.11. The molecule has 1 amide bonds. The largest absolute Gasteiger partial charge is 0.482 e. The molecular formula is C20H22FNO4. The van der Waals surface area contributed by atoms with Crippen molar-refractivity contribution in [3.63, 3.8) is 0 Å². The molecule has 0 atom stereocenters. The van der Waals surface area contributed by atoms with Gasteiger partial charge in [0.25, 0.3) is 5.91 Å². The Morgan fingerprint density at radius 2 is 1.58 bits per heavy atom. The van der Waals surface area contributed by atoms with E-state index in [1.54, 1.807) is 12.1 Å². The Bertz CT molecular complexity index is 749. The summed E-state index contributed by atoms with van der Waals surface area (Å²) in [6.45, 7) is 5.59. The quantitative estimate of drug-likeness (QED) is 0.799. The fraction of sp³-hybridized carbons (Fsp3) is 0.300. The number of anilines is 1. The number of nitrogens with one attached hydrogen (secondary N) is 1. The molecule has 0 aliphatic heterocycles. The Balaban J connectivity index is 1.73. The number of hydrogen-bond acceptors (Lipinski definition) is 4. The molecule has 0 unspecified atom stereocenters. The lowest BCUT2D eigenvalue weighted by Gasteiger charge is -2.19. The first-order valence-electron chi connectivity index (χ1n) is 8.18. The van der Waals surface area contributed by atoms with Crippen LogP contribution in [0.1, 0.15) is 26.3 Å². The lowest BCUT2D eigenvalue weighted by molar-refractivity contribution is -0.149. The van der Waals surface area contributed by atoms with Gasteiger partial charge in [-0.3, -0.25) is 4.79 Å². The Hall–Kier alpha value is -2.89. The monoisotopic (exact) mass is 359 g/mol. The average molecular weight is 359 g/mol. The zero-order valence-electron chi connectivity index (χ0n) is 15.0. The maximum atomic E-state index is 12.8. The number of rotatable bonds is 6. The topological polar surface area (TPSA) is 64.6 Å². The van der Waals surface area contributed by atoms with Crippen molar-refractivity contribution in [2.45, 2.75) is 26.2 Å². The second-order valence-corrected chi connectivity index (χ2v) is 6.78. The lowest BCUT2D eigenvalue weighted by Crippen LogP contribution is -2.23. The number of halogens is 1. The molecule has 0 aliphatic carbocycles. The van der Waals surface area contributed by atoms with E-state index in [-0.39, 0.29) is 12.0 Å². The number of carbonyl (C=O) groups is 2. The first-order valence-corrected chi connectivity index (χ1v) is 8.18. The van der Waals surface area contributed by atoms with Gasteiger partial charge in [-0.1, -0.05) is 32.9 Å². The average Bonchev–Trinajstić information content (AvgIpc) is 2.60. The Morgan fingerprint density at radius 3 is 2.15 bits per heavy atom. The van der Waals surface area contributed by atoms with E-state index in [1.165, 1.54) is 24.3 Å². The highest BCUT2D eigenvalue weighted by Gasteiger charge is 2.13. The van der Waals surface area contributed by atoms with E-state index in [2.05, 4.69) is 26.1 Å². The molecule has 2 aromatic carbocycles. The first kappa shape index (κ1) is 19.4. The fourth-order valence-corrected chi connectivity index (χ4v) is 2.11. The van der Waals surface area contributed by atoms with Crippen molar-refractivity contribution in [1.29, 1.82) is 0 Å². The standard InChI is InChI=1S/C20H22FNO4/c1-20(2,3)14-4-10-17(11-5-14)25-13-19(24)26-12-18(23)22-16-8-6-15(21)7-9-16/h4-11H,12-13H2,1-3H3,(H,22,23). The molecule has 0 aromatic heterocycles. The maximum Gasteiger partial charge on any atom is 0.344 e. The van der Waals surface area contributed by atoms with Gasteiger partial charge in [0.15, 0.2) is 13.2 Å². The van der Waals surface area contributed by atoms with Crippen molar-refractivity contribution in [2.24, 2.45) is 0 Å². The van der Waals surface area contributed by atoms with Gasteiger partial charge in [0.2, 0.25) is 0 Å². The lowest BCUT2D eigenvalue weighted by atomic mass is 9.87. The minimum atomic E-state index is -0.654. The van der Waals surface area contributed by atoms with Crippen LogP contribution in [0.15, 0.2) is 48.5 Å². The molecular weight excluding hydrogens is 337 g/mol. The third-order valence-electron chi connectivity index (χ3n) is 3.57. The second kappa shape index (κ2) is 8.47. The van der Waals surface area contributed by atoms with Gasteiger partial charge >= 0.3 is 5.97 Å². The summed E-state index contributed by atoms with van der Waals surface area (Å²) in [6.07, 6.45) is 0. The van der Waals surface area contributed by atoms with Crippen LogP contribution < -0.4 is 10.1 Å². The Labute approximate surface area is 152 Å². The van der Waals surface area contributed by atoms with E-state index < -0.39 is 24.3 Å².